The molecule has 1 saturated heterocycles. The summed E-state index contributed by atoms with van der Waals surface area (Å²) >= 11 is 0. The van der Waals surface area contributed by atoms with E-state index in [1.54, 1.807) is 11.9 Å². The van der Waals surface area contributed by atoms with Crippen LogP contribution in [0.2, 0.25) is 0 Å². The van der Waals surface area contributed by atoms with Gasteiger partial charge in [-0.15, -0.1) is 0 Å². The van der Waals surface area contributed by atoms with Crippen molar-refractivity contribution in [2.75, 3.05) is 32.6 Å². The van der Waals surface area contributed by atoms with E-state index in [1.807, 2.05) is 25.3 Å². The molecule has 3 rings (SSSR count). The van der Waals surface area contributed by atoms with Crippen molar-refractivity contribution in [3.8, 4) is 0 Å². The Balaban J connectivity index is 1.98. The second-order valence-electron chi connectivity index (χ2n) is 6.95. The van der Waals surface area contributed by atoms with E-state index in [2.05, 4.69) is 36.9 Å². The van der Waals surface area contributed by atoms with E-state index in [9.17, 15) is 9.59 Å². The third kappa shape index (κ3) is 2.31. The van der Waals surface area contributed by atoms with Crippen LogP contribution in [-0.2, 0) is 10.2 Å². The number of para-hydroxylation sites is 1. The molecule has 0 spiro atoms. The first-order chi connectivity index (χ1) is 11.2. The lowest BCUT2D eigenvalue weighted by Gasteiger charge is -2.30. The summed E-state index contributed by atoms with van der Waals surface area (Å²) in [5, 5.41) is 0. The van der Waals surface area contributed by atoms with E-state index >= 15 is 0 Å². The van der Waals surface area contributed by atoms with Gasteiger partial charge in [0.1, 0.15) is 0 Å². The van der Waals surface area contributed by atoms with Gasteiger partial charge in [-0.1, -0.05) is 32.0 Å². The van der Waals surface area contributed by atoms with Crippen LogP contribution < -0.4 is 4.90 Å². The predicted molar refractivity (Wildman–Crippen MR) is 94.8 cm³/mol. The average Bonchev–Trinajstić information content (AvgIpc) is 2.75. The van der Waals surface area contributed by atoms with Gasteiger partial charge in [0, 0.05) is 43.5 Å². The molecule has 0 aromatic heterocycles. The van der Waals surface area contributed by atoms with Crippen molar-refractivity contribution >= 4 is 17.6 Å². The molecule has 0 saturated carbocycles. The van der Waals surface area contributed by atoms with Crippen molar-refractivity contribution in [2.24, 2.45) is 0 Å². The van der Waals surface area contributed by atoms with Gasteiger partial charge in [-0.25, -0.2) is 4.79 Å². The quantitative estimate of drug-likeness (QED) is 0.746. The fraction of sp³-hybridized carbons (Fsp3) is 0.368. The number of rotatable bonds is 1. The summed E-state index contributed by atoms with van der Waals surface area (Å²) < 4.78 is 0. The summed E-state index contributed by atoms with van der Waals surface area (Å²) in [5.41, 5.74) is 4.08. The van der Waals surface area contributed by atoms with Crippen LogP contribution in [0, 0.1) is 0 Å². The SMILES string of the molecule is CN1CC(=CC=C2N(C)c3ccccc3C2(C)C)C(=O)N(C)C1=O. The summed E-state index contributed by atoms with van der Waals surface area (Å²) in [6, 6.07) is 8.07. The van der Waals surface area contributed by atoms with Gasteiger partial charge in [0.05, 0.1) is 6.54 Å². The number of carbonyl (C=O) groups excluding carboxylic acids is 2. The number of carbonyl (C=O) groups is 2. The van der Waals surface area contributed by atoms with Gasteiger partial charge in [-0.05, 0) is 23.8 Å². The molecule has 1 fully saturated rings. The highest BCUT2D eigenvalue weighted by Crippen LogP contribution is 2.46. The zero-order chi connectivity index (χ0) is 17.6. The van der Waals surface area contributed by atoms with Crippen molar-refractivity contribution in [2.45, 2.75) is 19.3 Å². The second-order valence-corrected chi connectivity index (χ2v) is 6.95. The van der Waals surface area contributed by atoms with Crippen LogP contribution in [0.1, 0.15) is 19.4 Å². The highest BCUT2D eigenvalue weighted by Gasteiger charge is 2.38. The maximum atomic E-state index is 12.3. The largest absolute Gasteiger partial charge is 0.347 e. The minimum absolute atomic E-state index is 0.131. The lowest BCUT2D eigenvalue weighted by Crippen LogP contribution is -2.49. The number of anilines is 1. The normalized spacial score (nSPS) is 23.5. The number of likely N-dealkylation sites (N-methyl/N-ethyl adjacent to an activating group) is 3. The molecule has 0 radical (unpaired) electrons. The maximum Gasteiger partial charge on any atom is 0.326 e. The van der Waals surface area contributed by atoms with Crippen LogP contribution in [0.5, 0.6) is 0 Å². The first-order valence-corrected chi connectivity index (χ1v) is 8.03. The molecule has 1 aromatic rings. The molecule has 2 aliphatic heterocycles. The van der Waals surface area contributed by atoms with Gasteiger partial charge in [-0.3, -0.25) is 9.69 Å². The summed E-state index contributed by atoms with van der Waals surface area (Å²) in [7, 11) is 5.26. The Labute approximate surface area is 142 Å². The monoisotopic (exact) mass is 325 g/mol. The Hall–Kier alpha value is -2.56. The maximum absolute atomic E-state index is 12.3. The average molecular weight is 325 g/mol. The third-order valence-corrected chi connectivity index (χ3v) is 4.98. The third-order valence-electron chi connectivity index (χ3n) is 4.98. The topological polar surface area (TPSA) is 43.9 Å². The molecule has 126 valence electrons. The molecule has 3 amide bonds. The molecule has 2 aliphatic rings. The molecule has 2 heterocycles. The van der Waals surface area contributed by atoms with Crippen molar-refractivity contribution in [1.82, 2.24) is 9.80 Å². The summed E-state index contributed by atoms with van der Waals surface area (Å²) in [6.07, 6.45) is 3.85. The van der Waals surface area contributed by atoms with Gasteiger partial charge < -0.3 is 9.80 Å². The number of imide groups is 1. The van der Waals surface area contributed by atoms with E-state index in [0.29, 0.717) is 12.1 Å². The van der Waals surface area contributed by atoms with Gasteiger partial charge in [-0.2, -0.15) is 0 Å². The zero-order valence-corrected chi connectivity index (χ0v) is 14.8. The number of fused-ring (bicyclic) bond motifs is 1. The molecule has 0 N–H and O–H groups in total. The van der Waals surface area contributed by atoms with Crippen LogP contribution in [0.25, 0.3) is 0 Å². The zero-order valence-electron chi connectivity index (χ0n) is 14.8. The lowest BCUT2D eigenvalue weighted by atomic mass is 9.83. The Kier molecular flexibility index (Phi) is 3.74. The fourth-order valence-corrected chi connectivity index (χ4v) is 3.55. The highest BCUT2D eigenvalue weighted by atomic mass is 16.2. The Morgan fingerprint density at radius 3 is 2.33 bits per heavy atom. The van der Waals surface area contributed by atoms with Gasteiger partial charge in [0.2, 0.25) is 0 Å². The summed E-state index contributed by atoms with van der Waals surface area (Å²) in [4.78, 5) is 29.0. The second kappa shape index (κ2) is 5.51. The number of amides is 3. The predicted octanol–water partition coefficient (Wildman–Crippen LogP) is 2.75. The number of hydrogen-bond donors (Lipinski definition) is 0. The van der Waals surface area contributed by atoms with Crippen LogP contribution in [0.3, 0.4) is 0 Å². The first kappa shape index (κ1) is 16.3. The standard InChI is InChI=1S/C19H23N3O2/c1-19(2)14-8-6-7-9-15(14)21(4)16(19)11-10-13-12-20(3)18(24)22(5)17(13)23/h6-11H,12H2,1-5H3. The number of allylic oxidation sites excluding steroid dienone is 3. The smallest absolute Gasteiger partial charge is 0.326 e. The van der Waals surface area contributed by atoms with E-state index in [4.69, 9.17) is 0 Å². The molecular weight excluding hydrogens is 302 g/mol. The van der Waals surface area contributed by atoms with E-state index in [0.717, 1.165) is 10.6 Å². The summed E-state index contributed by atoms with van der Waals surface area (Å²) in [5.74, 6) is -0.231. The van der Waals surface area contributed by atoms with Crippen molar-refractivity contribution in [1.29, 1.82) is 0 Å². The molecule has 0 atom stereocenters. The minimum Gasteiger partial charge on any atom is -0.347 e. The molecule has 0 aliphatic carbocycles. The van der Waals surface area contributed by atoms with E-state index in [1.165, 1.54) is 18.3 Å². The molecule has 5 nitrogen and oxygen atoms in total. The molecule has 0 bridgehead atoms. The Morgan fingerprint density at radius 2 is 1.67 bits per heavy atom. The number of benzene rings is 1. The van der Waals surface area contributed by atoms with Crippen LogP contribution >= 0.6 is 0 Å². The van der Waals surface area contributed by atoms with Crippen molar-refractivity contribution < 1.29 is 9.59 Å². The number of urea groups is 1. The Bertz CT molecular complexity index is 777. The highest BCUT2D eigenvalue weighted by molar-refractivity contribution is 6.06. The minimum atomic E-state index is -0.268. The Morgan fingerprint density at radius 1 is 1.00 bits per heavy atom. The number of hydrogen-bond acceptors (Lipinski definition) is 3. The number of nitrogens with zero attached hydrogens (tertiary/aromatic N) is 3. The van der Waals surface area contributed by atoms with Crippen LogP contribution in [0.15, 0.2) is 47.7 Å². The molecule has 5 heteroatoms. The molecule has 0 unspecified atom stereocenters. The van der Waals surface area contributed by atoms with Crippen molar-refractivity contribution in [3.05, 3.63) is 53.3 Å². The van der Waals surface area contributed by atoms with Crippen LogP contribution in [0.4, 0.5) is 10.5 Å². The van der Waals surface area contributed by atoms with E-state index < -0.39 is 0 Å². The van der Waals surface area contributed by atoms with Crippen molar-refractivity contribution in [3.63, 3.8) is 0 Å². The van der Waals surface area contributed by atoms with E-state index in [-0.39, 0.29) is 17.4 Å². The summed E-state index contributed by atoms with van der Waals surface area (Å²) in [6.45, 7) is 4.71. The van der Waals surface area contributed by atoms with Gasteiger partial charge in [0.15, 0.2) is 0 Å². The fourth-order valence-electron chi connectivity index (χ4n) is 3.55. The van der Waals surface area contributed by atoms with Crippen LogP contribution in [-0.4, -0.2) is 49.4 Å². The first-order valence-electron chi connectivity index (χ1n) is 8.03. The molecular formula is C19H23N3O2. The van der Waals surface area contributed by atoms with Gasteiger partial charge in [0.25, 0.3) is 5.91 Å². The lowest BCUT2D eigenvalue weighted by molar-refractivity contribution is -0.125. The molecule has 1 aromatic carbocycles. The van der Waals surface area contributed by atoms with Gasteiger partial charge >= 0.3 is 6.03 Å². The molecule has 24 heavy (non-hydrogen) atoms.